The van der Waals surface area contributed by atoms with Gasteiger partial charge < -0.3 is 15.0 Å². The molecule has 4 aromatic carbocycles. The van der Waals surface area contributed by atoms with E-state index < -0.39 is 46.2 Å². The topological polar surface area (TPSA) is 96.0 Å². The Labute approximate surface area is 290 Å². The highest BCUT2D eigenvalue weighted by Gasteiger charge is 2.37. The Hall–Kier alpha value is -4.84. The fourth-order valence-corrected chi connectivity index (χ4v) is 7.58. The van der Waals surface area contributed by atoms with Gasteiger partial charge in [0.2, 0.25) is 11.8 Å². The highest BCUT2D eigenvalue weighted by atomic mass is 32.2. The molecule has 0 heterocycles. The Morgan fingerprint density at radius 1 is 0.840 bits per heavy atom. The number of sulfonamides is 1. The average Bonchev–Trinajstić information content (AvgIpc) is 3.13. The van der Waals surface area contributed by atoms with Crippen LogP contribution in [0.2, 0.25) is 0 Å². The van der Waals surface area contributed by atoms with Crippen LogP contribution in [0.1, 0.15) is 48.8 Å². The maximum Gasteiger partial charge on any atom is 0.416 e. The number of hydrogen-bond acceptors (Lipinski definition) is 5. The van der Waals surface area contributed by atoms with Crippen LogP contribution in [0.15, 0.2) is 114 Å². The second-order valence-corrected chi connectivity index (χ2v) is 14.2. The molecule has 0 unspecified atom stereocenters. The summed E-state index contributed by atoms with van der Waals surface area (Å²) in [5, 5.41) is 3.13. The van der Waals surface area contributed by atoms with Crippen LogP contribution in [0.4, 0.5) is 18.9 Å². The van der Waals surface area contributed by atoms with Gasteiger partial charge in [0.1, 0.15) is 18.3 Å². The highest BCUT2D eigenvalue weighted by Crippen LogP contribution is 2.33. The van der Waals surface area contributed by atoms with Gasteiger partial charge in [-0.05, 0) is 66.4 Å². The molecule has 0 aliphatic heterocycles. The monoisotopic (exact) mass is 707 g/mol. The molecule has 1 saturated carbocycles. The van der Waals surface area contributed by atoms with Gasteiger partial charge >= 0.3 is 6.18 Å². The van der Waals surface area contributed by atoms with Gasteiger partial charge in [0.25, 0.3) is 10.0 Å². The number of benzene rings is 4. The van der Waals surface area contributed by atoms with Crippen molar-refractivity contribution in [3.63, 3.8) is 0 Å². The van der Waals surface area contributed by atoms with Gasteiger partial charge in [-0.3, -0.25) is 13.9 Å². The molecule has 2 amide bonds. The number of carbonyl (C=O) groups is 2. The van der Waals surface area contributed by atoms with E-state index in [2.05, 4.69) is 5.32 Å². The molecule has 5 rings (SSSR count). The molecule has 12 heteroatoms. The normalized spacial score (nSPS) is 14.4. The zero-order valence-electron chi connectivity index (χ0n) is 27.7. The van der Waals surface area contributed by atoms with Gasteiger partial charge in [0.15, 0.2) is 0 Å². The first kappa shape index (κ1) is 36.4. The van der Waals surface area contributed by atoms with Crippen LogP contribution in [0.25, 0.3) is 0 Å². The summed E-state index contributed by atoms with van der Waals surface area (Å²) in [5.41, 5.74) is -0.0356. The van der Waals surface area contributed by atoms with E-state index in [9.17, 15) is 31.2 Å². The molecule has 1 aliphatic rings. The number of methoxy groups -OCH3 is 1. The summed E-state index contributed by atoms with van der Waals surface area (Å²) in [5.74, 6) is -0.656. The molecule has 1 fully saturated rings. The molecule has 0 bridgehead atoms. The Kier molecular flexibility index (Phi) is 11.8. The lowest BCUT2D eigenvalue weighted by atomic mass is 9.94. The molecule has 1 aliphatic carbocycles. The Balaban J connectivity index is 1.60. The van der Waals surface area contributed by atoms with Crippen molar-refractivity contribution in [3.05, 3.63) is 126 Å². The molecule has 1 N–H and O–H groups in total. The number of amides is 2. The lowest BCUT2D eigenvalue weighted by Crippen LogP contribution is -2.55. The van der Waals surface area contributed by atoms with Gasteiger partial charge in [-0.15, -0.1) is 0 Å². The van der Waals surface area contributed by atoms with Crippen molar-refractivity contribution in [1.29, 1.82) is 0 Å². The van der Waals surface area contributed by atoms with Crippen molar-refractivity contribution >= 4 is 27.5 Å². The average molecular weight is 708 g/mol. The minimum atomic E-state index is -4.77. The smallest absolute Gasteiger partial charge is 0.416 e. The number of nitrogens with one attached hydrogen (secondary N) is 1. The summed E-state index contributed by atoms with van der Waals surface area (Å²) >= 11 is 0. The molecule has 0 aromatic heterocycles. The maximum atomic E-state index is 14.7. The molecule has 0 spiro atoms. The van der Waals surface area contributed by atoms with Gasteiger partial charge in [0.05, 0.1) is 23.3 Å². The lowest BCUT2D eigenvalue weighted by Gasteiger charge is -2.35. The minimum Gasteiger partial charge on any atom is -0.497 e. The quantitative estimate of drug-likeness (QED) is 0.162. The van der Waals surface area contributed by atoms with Crippen LogP contribution in [-0.4, -0.2) is 50.9 Å². The summed E-state index contributed by atoms with van der Waals surface area (Å²) in [6.07, 6.45) is -0.0587. The van der Waals surface area contributed by atoms with Crippen molar-refractivity contribution < 1.29 is 35.9 Å². The van der Waals surface area contributed by atoms with Crippen molar-refractivity contribution in [3.8, 4) is 5.75 Å². The first-order valence-electron chi connectivity index (χ1n) is 16.5. The molecular weight excluding hydrogens is 667 g/mol. The fraction of sp³-hybridized carbons (Fsp3) is 0.316. The Morgan fingerprint density at radius 3 is 2.14 bits per heavy atom. The van der Waals surface area contributed by atoms with Crippen molar-refractivity contribution in [2.45, 2.75) is 68.2 Å². The molecular formula is C38H40F3N3O5S. The van der Waals surface area contributed by atoms with E-state index in [0.717, 1.165) is 49.8 Å². The van der Waals surface area contributed by atoms with E-state index in [4.69, 9.17) is 4.74 Å². The van der Waals surface area contributed by atoms with Crippen LogP contribution in [0, 0.1) is 0 Å². The number of rotatable bonds is 13. The number of ether oxygens (including phenoxy) is 1. The van der Waals surface area contributed by atoms with Gasteiger partial charge in [-0.1, -0.05) is 86.0 Å². The van der Waals surface area contributed by atoms with Crippen LogP contribution in [0.3, 0.4) is 0 Å². The summed E-state index contributed by atoms with van der Waals surface area (Å²) in [6.45, 7) is -0.974. The second-order valence-electron chi connectivity index (χ2n) is 12.3. The molecule has 8 nitrogen and oxygen atoms in total. The minimum absolute atomic E-state index is 0.0802. The Bertz CT molecular complexity index is 1850. The van der Waals surface area contributed by atoms with Crippen LogP contribution >= 0.6 is 0 Å². The summed E-state index contributed by atoms with van der Waals surface area (Å²) < 4.78 is 75.9. The van der Waals surface area contributed by atoms with E-state index in [1.165, 1.54) is 42.3 Å². The number of alkyl halides is 3. The number of carbonyl (C=O) groups excluding carboxylic acids is 2. The van der Waals surface area contributed by atoms with Crippen molar-refractivity contribution in [2.24, 2.45) is 0 Å². The standard InChI is InChI=1S/C38H40F3N3O5S/c1-49-33-20-11-15-29(23-33)26-43(35(24-28-13-5-2-6-14-28)37(46)42-31-17-7-3-8-18-31)36(45)27-44(50(47,48)34-21-9-4-10-22-34)32-19-12-16-30(25-32)38(39,40)41/h2,4-6,9-16,19-23,25,31,35H,3,7-8,17-18,24,26-27H2,1H3,(H,42,46)/t35-/m1/s1. The molecule has 4 aromatic rings. The number of hydrogen-bond donors (Lipinski definition) is 1. The third-order valence-electron chi connectivity index (χ3n) is 8.78. The van der Waals surface area contributed by atoms with Gasteiger partial charge in [0, 0.05) is 19.0 Å². The first-order valence-corrected chi connectivity index (χ1v) is 17.9. The van der Waals surface area contributed by atoms with Gasteiger partial charge in [-0.25, -0.2) is 8.42 Å². The molecule has 0 saturated heterocycles. The largest absolute Gasteiger partial charge is 0.497 e. The van der Waals surface area contributed by atoms with E-state index in [1.54, 1.807) is 30.3 Å². The van der Waals surface area contributed by atoms with E-state index in [1.807, 2.05) is 30.3 Å². The Morgan fingerprint density at radius 2 is 1.48 bits per heavy atom. The first-order chi connectivity index (χ1) is 24.0. The van der Waals surface area contributed by atoms with E-state index in [0.29, 0.717) is 21.7 Å². The lowest BCUT2D eigenvalue weighted by molar-refractivity contribution is -0.140. The predicted octanol–water partition coefficient (Wildman–Crippen LogP) is 7.00. The zero-order chi connectivity index (χ0) is 35.7. The third kappa shape index (κ3) is 9.23. The fourth-order valence-electron chi connectivity index (χ4n) is 6.15. The molecule has 50 heavy (non-hydrogen) atoms. The van der Waals surface area contributed by atoms with E-state index >= 15 is 0 Å². The zero-order valence-corrected chi connectivity index (χ0v) is 28.5. The molecule has 264 valence electrons. The summed E-state index contributed by atoms with van der Waals surface area (Å²) in [7, 11) is -3.06. The second kappa shape index (κ2) is 16.2. The number of anilines is 1. The van der Waals surface area contributed by atoms with Crippen LogP contribution < -0.4 is 14.4 Å². The third-order valence-corrected chi connectivity index (χ3v) is 10.6. The predicted molar refractivity (Wildman–Crippen MR) is 185 cm³/mol. The van der Waals surface area contributed by atoms with Crippen molar-refractivity contribution in [2.75, 3.05) is 18.0 Å². The number of nitrogens with zero attached hydrogens (tertiary/aromatic N) is 2. The van der Waals surface area contributed by atoms with E-state index in [-0.39, 0.29) is 29.6 Å². The van der Waals surface area contributed by atoms with Crippen LogP contribution in [-0.2, 0) is 38.8 Å². The van der Waals surface area contributed by atoms with Gasteiger partial charge in [-0.2, -0.15) is 13.2 Å². The number of halogens is 3. The SMILES string of the molecule is COc1cccc(CN(C(=O)CN(c2cccc(C(F)(F)F)c2)S(=O)(=O)c2ccccc2)[C@H](Cc2ccccc2)C(=O)NC2CCCCC2)c1. The summed E-state index contributed by atoms with van der Waals surface area (Å²) in [6, 6.07) is 26.0. The molecule has 1 atom stereocenters. The maximum absolute atomic E-state index is 14.7. The molecule has 0 radical (unpaired) electrons. The highest BCUT2D eigenvalue weighted by molar-refractivity contribution is 7.92. The van der Waals surface area contributed by atoms with Crippen molar-refractivity contribution in [1.82, 2.24) is 10.2 Å². The summed E-state index contributed by atoms with van der Waals surface area (Å²) in [4.78, 5) is 30.0. The van der Waals surface area contributed by atoms with Crippen LogP contribution in [0.5, 0.6) is 5.75 Å².